The van der Waals surface area contributed by atoms with E-state index in [0.717, 1.165) is 0 Å². The van der Waals surface area contributed by atoms with Crippen LogP contribution in [0, 0.1) is 0 Å². The summed E-state index contributed by atoms with van der Waals surface area (Å²) in [7, 11) is 0. The SMILES string of the molecule is NC1=NOC1. The molecule has 1 heterocycles. The van der Waals surface area contributed by atoms with Gasteiger partial charge >= 0.3 is 0 Å². The van der Waals surface area contributed by atoms with Gasteiger partial charge in [-0.1, -0.05) is 5.16 Å². The highest BCUT2D eigenvalue weighted by Crippen LogP contribution is 1.85. The molecule has 0 radical (unpaired) electrons. The summed E-state index contributed by atoms with van der Waals surface area (Å²) in [4.78, 5) is 4.30. The van der Waals surface area contributed by atoms with Gasteiger partial charge in [0.25, 0.3) is 0 Å². The van der Waals surface area contributed by atoms with Crippen LogP contribution in [-0.2, 0) is 4.84 Å². The number of amidine groups is 1. The molecule has 0 bridgehead atoms. The predicted octanol–water partition coefficient (Wildman–Crippen LogP) is -0.711. The molecule has 0 saturated heterocycles. The fraction of sp³-hybridized carbons (Fsp3) is 0.500. The van der Waals surface area contributed by atoms with E-state index in [2.05, 4.69) is 9.99 Å². The van der Waals surface area contributed by atoms with Crippen LogP contribution in [-0.4, -0.2) is 12.4 Å². The maximum atomic E-state index is 5.00. The molecule has 0 fully saturated rings. The summed E-state index contributed by atoms with van der Waals surface area (Å²) in [6.45, 7) is 0.514. The summed E-state index contributed by atoms with van der Waals surface area (Å²) in [5.41, 5.74) is 5.00. The van der Waals surface area contributed by atoms with Gasteiger partial charge in [0.15, 0.2) is 12.4 Å². The lowest BCUT2D eigenvalue weighted by atomic mass is 10.6. The first-order valence-electron chi connectivity index (χ1n) is 1.34. The molecule has 2 N–H and O–H groups in total. The molecule has 0 aromatic heterocycles. The van der Waals surface area contributed by atoms with Gasteiger partial charge in [0.05, 0.1) is 0 Å². The molecule has 0 aromatic carbocycles. The van der Waals surface area contributed by atoms with Crippen molar-refractivity contribution in [3.05, 3.63) is 0 Å². The highest BCUT2D eigenvalue weighted by Gasteiger charge is 1.99. The third-order valence-corrected chi connectivity index (χ3v) is 0.394. The third-order valence-electron chi connectivity index (χ3n) is 0.394. The molecule has 0 amide bonds. The average Bonchev–Trinajstić information content (AvgIpc) is 1.30. The molecule has 0 unspecified atom stereocenters. The van der Waals surface area contributed by atoms with E-state index in [1.165, 1.54) is 0 Å². The van der Waals surface area contributed by atoms with Crippen molar-refractivity contribution in [1.29, 1.82) is 0 Å². The van der Waals surface area contributed by atoms with Gasteiger partial charge < -0.3 is 10.6 Å². The van der Waals surface area contributed by atoms with Crippen molar-refractivity contribution in [1.82, 2.24) is 0 Å². The summed E-state index contributed by atoms with van der Waals surface area (Å²) < 4.78 is 0. The summed E-state index contributed by atoms with van der Waals surface area (Å²) in [6, 6.07) is 0. The van der Waals surface area contributed by atoms with E-state index in [0.29, 0.717) is 12.4 Å². The van der Waals surface area contributed by atoms with Crippen molar-refractivity contribution >= 4 is 5.84 Å². The molecule has 0 aliphatic carbocycles. The first kappa shape index (κ1) is 2.50. The largest absolute Gasteiger partial charge is 0.386 e. The van der Waals surface area contributed by atoms with Crippen LogP contribution < -0.4 is 5.73 Å². The molecule has 5 heavy (non-hydrogen) atoms. The van der Waals surface area contributed by atoms with E-state index >= 15 is 0 Å². The molecule has 0 spiro atoms. The Morgan fingerprint density at radius 3 is 2.40 bits per heavy atom. The second-order valence-electron chi connectivity index (χ2n) is 0.856. The van der Waals surface area contributed by atoms with Crippen molar-refractivity contribution in [2.75, 3.05) is 6.61 Å². The number of oxime groups is 1. The molecule has 3 heteroatoms. The van der Waals surface area contributed by atoms with Gasteiger partial charge in [-0.05, 0) is 0 Å². The number of hydrogen-bond acceptors (Lipinski definition) is 3. The minimum atomic E-state index is 0.514. The van der Waals surface area contributed by atoms with Crippen LogP contribution in [0.15, 0.2) is 5.16 Å². The molecule has 28 valence electrons. The topological polar surface area (TPSA) is 47.6 Å². The van der Waals surface area contributed by atoms with Crippen LogP contribution in [0.4, 0.5) is 0 Å². The quantitative estimate of drug-likeness (QED) is 0.411. The standard InChI is InChI=1S/C2H4N2O/c3-2-1-5-4-2/h1H2,(H2,3,4). The van der Waals surface area contributed by atoms with Crippen LogP contribution in [0.5, 0.6) is 0 Å². The van der Waals surface area contributed by atoms with E-state index in [1.807, 2.05) is 0 Å². The number of nitrogens with two attached hydrogens (primary N) is 1. The van der Waals surface area contributed by atoms with Gasteiger partial charge in [-0.25, -0.2) is 0 Å². The second kappa shape index (κ2) is 0.607. The minimum absolute atomic E-state index is 0.514. The van der Waals surface area contributed by atoms with Crippen molar-refractivity contribution < 1.29 is 4.84 Å². The molecule has 1 aliphatic rings. The highest BCUT2D eigenvalue weighted by molar-refractivity contribution is 5.83. The van der Waals surface area contributed by atoms with Gasteiger partial charge in [0.2, 0.25) is 0 Å². The normalized spacial score (nSPS) is 18.8. The number of rotatable bonds is 0. The maximum Gasteiger partial charge on any atom is 0.180 e. The third kappa shape index (κ3) is 0.190. The molecular formula is C2H4N2O. The molecule has 1 aliphatic heterocycles. The Morgan fingerprint density at radius 2 is 2.40 bits per heavy atom. The Bertz CT molecular complexity index is 68.0. The lowest BCUT2D eigenvalue weighted by molar-refractivity contribution is 0.140. The van der Waals surface area contributed by atoms with E-state index in [1.54, 1.807) is 0 Å². The molecule has 3 nitrogen and oxygen atoms in total. The van der Waals surface area contributed by atoms with E-state index in [4.69, 9.17) is 5.73 Å². The zero-order valence-corrected chi connectivity index (χ0v) is 2.64. The highest BCUT2D eigenvalue weighted by atomic mass is 16.7. The monoisotopic (exact) mass is 72.0 g/mol. The average molecular weight is 72.1 g/mol. The lowest BCUT2D eigenvalue weighted by Crippen LogP contribution is -2.25. The number of nitrogens with zero attached hydrogens (tertiary/aromatic N) is 1. The van der Waals surface area contributed by atoms with Crippen LogP contribution in [0.25, 0.3) is 0 Å². The van der Waals surface area contributed by atoms with Crippen LogP contribution >= 0.6 is 0 Å². The Labute approximate surface area is 29.4 Å². The number of hydrogen-bond donors (Lipinski definition) is 1. The van der Waals surface area contributed by atoms with Crippen molar-refractivity contribution in [2.24, 2.45) is 10.9 Å². The molecule has 1 rings (SSSR count). The van der Waals surface area contributed by atoms with Gasteiger partial charge in [0.1, 0.15) is 0 Å². The fourth-order valence-corrected chi connectivity index (χ4v) is 0.139. The van der Waals surface area contributed by atoms with Gasteiger partial charge in [0, 0.05) is 0 Å². The summed E-state index contributed by atoms with van der Waals surface area (Å²) in [5.74, 6) is 0.588. The zero-order valence-electron chi connectivity index (χ0n) is 2.64. The summed E-state index contributed by atoms with van der Waals surface area (Å²) in [6.07, 6.45) is 0. The van der Waals surface area contributed by atoms with Gasteiger partial charge in [-0.3, -0.25) is 0 Å². The van der Waals surface area contributed by atoms with Crippen molar-refractivity contribution in [3.8, 4) is 0 Å². The second-order valence-corrected chi connectivity index (χ2v) is 0.856. The van der Waals surface area contributed by atoms with E-state index in [-0.39, 0.29) is 0 Å². The summed E-state index contributed by atoms with van der Waals surface area (Å²) >= 11 is 0. The fourth-order valence-electron chi connectivity index (χ4n) is 0.139. The lowest BCUT2D eigenvalue weighted by Gasteiger charge is -2.05. The maximum absolute atomic E-state index is 5.00. The first-order chi connectivity index (χ1) is 2.39. The van der Waals surface area contributed by atoms with Gasteiger partial charge in [-0.2, -0.15) is 0 Å². The molecule has 0 saturated carbocycles. The van der Waals surface area contributed by atoms with Crippen LogP contribution in [0.2, 0.25) is 0 Å². The Hall–Kier alpha value is -0.730. The van der Waals surface area contributed by atoms with E-state index < -0.39 is 0 Å². The van der Waals surface area contributed by atoms with Crippen molar-refractivity contribution in [3.63, 3.8) is 0 Å². The van der Waals surface area contributed by atoms with Crippen LogP contribution in [0.1, 0.15) is 0 Å². The van der Waals surface area contributed by atoms with E-state index in [9.17, 15) is 0 Å². The Balaban J connectivity index is 2.51. The first-order valence-corrected chi connectivity index (χ1v) is 1.34. The Kier molecular flexibility index (Phi) is 0.304. The van der Waals surface area contributed by atoms with Crippen molar-refractivity contribution in [2.45, 2.75) is 0 Å². The smallest absolute Gasteiger partial charge is 0.180 e. The molecular weight excluding hydrogens is 68.0 g/mol. The van der Waals surface area contributed by atoms with Crippen LogP contribution in [0.3, 0.4) is 0 Å². The minimum Gasteiger partial charge on any atom is -0.386 e. The predicted molar refractivity (Wildman–Crippen MR) is 17.6 cm³/mol. The zero-order chi connectivity index (χ0) is 3.70. The Morgan fingerprint density at radius 1 is 2.00 bits per heavy atom. The van der Waals surface area contributed by atoms with Gasteiger partial charge in [-0.15, -0.1) is 0 Å². The summed E-state index contributed by atoms with van der Waals surface area (Å²) in [5, 5.41) is 3.26. The molecule has 0 atom stereocenters. The molecule has 0 aromatic rings.